The third-order valence-electron chi connectivity index (χ3n) is 3.82. The van der Waals surface area contributed by atoms with Gasteiger partial charge in [0.1, 0.15) is 12.1 Å². The van der Waals surface area contributed by atoms with E-state index < -0.39 is 11.7 Å². The van der Waals surface area contributed by atoms with Crippen molar-refractivity contribution in [3.8, 4) is 22.8 Å². The lowest BCUT2D eigenvalue weighted by Crippen LogP contribution is -2.04. The van der Waals surface area contributed by atoms with Crippen molar-refractivity contribution in [1.82, 2.24) is 9.97 Å². The maximum Gasteiger partial charge on any atom is 0.416 e. The van der Waals surface area contributed by atoms with Gasteiger partial charge in [-0.05, 0) is 24.3 Å². The summed E-state index contributed by atoms with van der Waals surface area (Å²) < 4.78 is 48.6. The summed E-state index contributed by atoms with van der Waals surface area (Å²) in [6, 6.07) is 11.9. The Hall–Kier alpha value is -3.29. The first-order valence-corrected chi connectivity index (χ1v) is 7.65. The summed E-state index contributed by atoms with van der Waals surface area (Å²) in [5, 5.41) is 3.11. The number of hydrogen-bond acceptors (Lipinski definition) is 5. The second kappa shape index (κ2) is 6.21. The largest absolute Gasteiger partial charge is 0.454 e. The average Bonchev–Trinajstić information content (AvgIpc) is 3.09. The van der Waals surface area contributed by atoms with Crippen LogP contribution in [0.3, 0.4) is 0 Å². The molecule has 1 aromatic heterocycles. The van der Waals surface area contributed by atoms with Crippen molar-refractivity contribution in [3.05, 3.63) is 60.4 Å². The van der Waals surface area contributed by atoms with Gasteiger partial charge >= 0.3 is 6.18 Å². The van der Waals surface area contributed by atoms with Crippen LogP contribution in [0, 0.1) is 0 Å². The molecule has 0 atom stereocenters. The lowest BCUT2D eigenvalue weighted by Gasteiger charge is -2.09. The summed E-state index contributed by atoms with van der Waals surface area (Å²) in [6.07, 6.45) is -3.02. The zero-order valence-corrected chi connectivity index (χ0v) is 13.2. The number of alkyl halides is 3. The van der Waals surface area contributed by atoms with Gasteiger partial charge in [-0.1, -0.05) is 12.1 Å². The van der Waals surface area contributed by atoms with Gasteiger partial charge in [0, 0.05) is 23.4 Å². The molecule has 1 aliphatic heterocycles. The van der Waals surface area contributed by atoms with Crippen molar-refractivity contribution in [2.75, 3.05) is 12.1 Å². The SMILES string of the molecule is FC(F)(F)c1ccc(-c2cc(Nc3ccc4c(c3)OCO4)ncn2)cc1. The molecule has 0 unspecified atom stereocenters. The highest BCUT2D eigenvalue weighted by molar-refractivity contribution is 5.67. The molecule has 0 spiro atoms. The zero-order valence-electron chi connectivity index (χ0n) is 13.2. The zero-order chi connectivity index (χ0) is 18.1. The number of hydrogen-bond donors (Lipinski definition) is 1. The number of fused-ring (bicyclic) bond motifs is 1. The molecular weight excluding hydrogens is 347 g/mol. The van der Waals surface area contributed by atoms with Gasteiger partial charge in [-0.3, -0.25) is 0 Å². The van der Waals surface area contributed by atoms with Crippen LogP contribution < -0.4 is 14.8 Å². The number of halogens is 3. The van der Waals surface area contributed by atoms with Crippen LogP contribution in [0.5, 0.6) is 11.5 Å². The number of nitrogens with zero attached hydrogens (tertiary/aromatic N) is 2. The molecule has 0 amide bonds. The number of rotatable bonds is 3. The van der Waals surface area contributed by atoms with E-state index in [1.165, 1.54) is 18.5 Å². The van der Waals surface area contributed by atoms with Crippen molar-refractivity contribution in [2.24, 2.45) is 0 Å². The van der Waals surface area contributed by atoms with E-state index in [4.69, 9.17) is 9.47 Å². The van der Waals surface area contributed by atoms with E-state index in [1.54, 1.807) is 18.2 Å². The molecule has 1 aliphatic rings. The Bertz CT molecular complexity index is 943. The second-order valence-electron chi connectivity index (χ2n) is 5.56. The van der Waals surface area contributed by atoms with Crippen LogP contribution in [0.1, 0.15) is 5.56 Å². The van der Waals surface area contributed by atoms with Crippen LogP contribution in [0.2, 0.25) is 0 Å². The lowest BCUT2D eigenvalue weighted by atomic mass is 10.1. The average molecular weight is 359 g/mol. The summed E-state index contributed by atoms with van der Waals surface area (Å²) in [4.78, 5) is 8.26. The van der Waals surface area contributed by atoms with Crippen LogP contribution in [-0.2, 0) is 6.18 Å². The molecule has 26 heavy (non-hydrogen) atoms. The molecule has 132 valence electrons. The molecular formula is C18H12F3N3O2. The van der Waals surface area contributed by atoms with Gasteiger partial charge in [0.2, 0.25) is 6.79 Å². The quantitative estimate of drug-likeness (QED) is 0.739. The minimum Gasteiger partial charge on any atom is -0.454 e. The van der Waals surface area contributed by atoms with E-state index in [2.05, 4.69) is 15.3 Å². The fourth-order valence-corrected chi connectivity index (χ4v) is 2.54. The van der Waals surface area contributed by atoms with E-state index in [0.717, 1.165) is 17.8 Å². The summed E-state index contributed by atoms with van der Waals surface area (Å²) in [7, 11) is 0. The van der Waals surface area contributed by atoms with Gasteiger partial charge in [0.25, 0.3) is 0 Å². The molecule has 4 rings (SSSR count). The van der Waals surface area contributed by atoms with E-state index in [0.29, 0.717) is 28.6 Å². The van der Waals surface area contributed by atoms with Gasteiger partial charge in [-0.15, -0.1) is 0 Å². The van der Waals surface area contributed by atoms with Crippen LogP contribution >= 0.6 is 0 Å². The third kappa shape index (κ3) is 3.26. The predicted octanol–water partition coefficient (Wildman–Crippen LogP) is 4.63. The Morgan fingerprint density at radius 1 is 0.885 bits per heavy atom. The van der Waals surface area contributed by atoms with Crippen molar-refractivity contribution in [3.63, 3.8) is 0 Å². The van der Waals surface area contributed by atoms with Gasteiger partial charge in [0.15, 0.2) is 11.5 Å². The Balaban J connectivity index is 1.57. The van der Waals surface area contributed by atoms with E-state index in [9.17, 15) is 13.2 Å². The fourth-order valence-electron chi connectivity index (χ4n) is 2.54. The molecule has 2 heterocycles. The van der Waals surface area contributed by atoms with Crippen molar-refractivity contribution < 1.29 is 22.6 Å². The lowest BCUT2D eigenvalue weighted by molar-refractivity contribution is -0.137. The molecule has 0 aliphatic carbocycles. The smallest absolute Gasteiger partial charge is 0.416 e. The number of aromatic nitrogens is 2. The van der Waals surface area contributed by atoms with Crippen LogP contribution in [0.15, 0.2) is 54.9 Å². The Morgan fingerprint density at radius 3 is 2.42 bits per heavy atom. The van der Waals surface area contributed by atoms with Gasteiger partial charge < -0.3 is 14.8 Å². The van der Waals surface area contributed by atoms with Crippen LogP contribution in [0.25, 0.3) is 11.3 Å². The van der Waals surface area contributed by atoms with Crippen molar-refractivity contribution in [1.29, 1.82) is 0 Å². The standard InChI is InChI=1S/C18H12F3N3O2/c19-18(20,21)12-3-1-11(2-4-12)14-8-17(23-9-22-14)24-13-5-6-15-16(7-13)26-10-25-15/h1-9H,10H2,(H,22,23,24). The molecule has 0 saturated heterocycles. The highest BCUT2D eigenvalue weighted by Gasteiger charge is 2.30. The summed E-state index contributed by atoms with van der Waals surface area (Å²) in [5.74, 6) is 1.81. The number of nitrogens with one attached hydrogen (secondary N) is 1. The van der Waals surface area contributed by atoms with Crippen LogP contribution in [-0.4, -0.2) is 16.8 Å². The number of anilines is 2. The van der Waals surface area contributed by atoms with Gasteiger partial charge in [-0.2, -0.15) is 13.2 Å². The molecule has 2 aromatic carbocycles. The predicted molar refractivity (Wildman–Crippen MR) is 88.3 cm³/mol. The highest BCUT2D eigenvalue weighted by atomic mass is 19.4. The molecule has 5 nitrogen and oxygen atoms in total. The Morgan fingerprint density at radius 2 is 1.65 bits per heavy atom. The summed E-state index contributed by atoms with van der Waals surface area (Å²) >= 11 is 0. The molecule has 0 fully saturated rings. The molecule has 8 heteroatoms. The third-order valence-corrected chi connectivity index (χ3v) is 3.82. The Kier molecular flexibility index (Phi) is 3.87. The normalized spacial score (nSPS) is 12.9. The highest BCUT2D eigenvalue weighted by Crippen LogP contribution is 2.35. The fraction of sp³-hybridized carbons (Fsp3) is 0.111. The van der Waals surface area contributed by atoms with Crippen LogP contribution in [0.4, 0.5) is 24.7 Å². The van der Waals surface area contributed by atoms with E-state index in [-0.39, 0.29) is 6.79 Å². The van der Waals surface area contributed by atoms with Gasteiger partial charge in [-0.25, -0.2) is 9.97 Å². The maximum atomic E-state index is 12.7. The molecule has 3 aromatic rings. The molecule has 0 radical (unpaired) electrons. The number of benzene rings is 2. The van der Waals surface area contributed by atoms with Crippen molar-refractivity contribution in [2.45, 2.75) is 6.18 Å². The first kappa shape index (κ1) is 16.2. The first-order valence-electron chi connectivity index (χ1n) is 7.65. The van der Waals surface area contributed by atoms with E-state index in [1.807, 2.05) is 6.07 Å². The molecule has 0 bridgehead atoms. The minimum atomic E-state index is -4.36. The maximum absolute atomic E-state index is 12.7. The second-order valence-corrected chi connectivity index (χ2v) is 5.56. The summed E-state index contributed by atoms with van der Waals surface area (Å²) in [5.41, 5.74) is 1.12. The van der Waals surface area contributed by atoms with Crippen molar-refractivity contribution >= 4 is 11.5 Å². The van der Waals surface area contributed by atoms with Gasteiger partial charge in [0.05, 0.1) is 11.3 Å². The number of ether oxygens (including phenoxy) is 2. The first-order chi connectivity index (χ1) is 12.5. The summed E-state index contributed by atoms with van der Waals surface area (Å²) in [6.45, 7) is 0.185. The monoisotopic (exact) mass is 359 g/mol. The molecule has 1 N–H and O–H groups in total. The minimum absolute atomic E-state index is 0.185. The Labute approximate surface area is 146 Å². The van der Waals surface area contributed by atoms with E-state index >= 15 is 0 Å². The topological polar surface area (TPSA) is 56.3 Å². The molecule has 0 saturated carbocycles.